The molecule has 4 aliphatic heterocycles. The summed E-state index contributed by atoms with van der Waals surface area (Å²) in [6, 6.07) is 49.0. The van der Waals surface area contributed by atoms with E-state index in [0.717, 1.165) is 23.0 Å². The molecule has 51 heavy (non-hydrogen) atoms. The molecule has 232 valence electrons. The molecule has 0 fully saturated rings. The van der Waals surface area contributed by atoms with Crippen molar-refractivity contribution >= 4 is 111 Å². The summed E-state index contributed by atoms with van der Waals surface area (Å²) in [5, 5.41) is 7.71. The molecule has 7 heteroatoms. The number of hydrogen-bond donors (Lipinski definition) is 0. The van der Waals surface area contributed by atoms with Crippen molar-refractivity contribution in [1.82, 2.24) is 9.13 Å². The monoisotopic (exact) mass is 664 g/mol. The number of fused-ring (bicyclic) bond motifs is 18. The minimum absolute atomic E-state index is 0.0168. The van der Waals surface area contributed by atoms with Crippen LogP contribution >= 0.6 is 11.3 Å². The molecule has 3 aromatic heterocycles. The van der Waals surface area contributed by atoms with Crippen molar-refractivity contribution in [3.8, 4) is 33.7 Å². The molecule has 0 N–H and O–H groups in total. The lowest BCUT2D eigenvalue weighted by atomic mass is 9.31. The lowest BCUT2D eigenvalue weighted by Gasteiger charge is -2.36. The molecule has 14 rings (SSSR count). The van der Waals surface area contributed by atoms with Gasteiger partial charge in [0.2, 0.25) is 0 Å². The minimum Gasteiger partial charge on any atom is -0.458 e. The first kappa shape index (κ1) is 25.8. The van der Waals surface area contributed by atoms with Gasteiger partial charge in [0.1, 0.15) is 23.0 Å². The van der Waals surface area contributed by atoms with Gasteiger partial charge in [-0.2, -0.15) is 0 Å². The van der Waals surface area contributed by atoms with E-state index in [2.05, 4.69) is 143 Å². The number of aromatic nitrogens is 2. The summed E-state index contributed by atoms with van der Waals surface area (Å²) in [6.07, 6.45) is 0. The molecule has 7 heterocycles. The van der Waals surface area contributed by atoms with Gasteiger partial charge in [-0.3, -0.25) is 0 Å². The van der Waals surface area contributed by atoms with Gasteiger partial charge in [0.25, 0.3) is 13.4 Å². The van der Waals surface area contributed by atoms with E-state index < -0.39 is 0 Å². The van der Waals surface area contributed by atoms with Gasteiger partial charge in [-0.05, 0) is 86.7 Å². The van der Waals surface area contributed by atoms with Crippen molar-refractivity contribution in [1.29, 1.82) is 0 Å². The number of rotatable bonds is 0. The fourth-order valence-corrected chi connectivity index (χ4v) is 11.4. The quantitative estimate of drug-likeness (QED) is 0.164. The van der Waals surface area contributed by atoms with E-state index in [4.69, 9.17) is 9.47 Å². The van der Waals surface area contributed by atoms with Crippen LogP contribution in [-0.2, 0) is 0 Å². The standard InChI is InChI=1S/C44H22B2N2O2S/c1-5-13-31-23(9-1)25-17-19-34-40-42(25)47(31)33-15-7-4-12-28(33)45(40)29-21-30-37(22-36(29)49-34)50-35-20-18-26-24-10-2-6-14-32(24)48-43(26)41(35)46(30)39-27-11-3-8-16-38(27)51-44(39)48/h1-22H. The normalized spacial score (nSPS) is 14.1. The summed E-state index contributed by atoms with van der Waals surface area (Å²) < 4.78 is 20.2. The second-order valence-electron chi connectivity index (χ2n) is 14.3. The molecule has 7 aromatic carbocycles. The van der Waals surface area contributed by atoms with Gasteiger partial charge in [-0.1, -0.05) is 78.9 Å². The van der Waals surface area contributed by atoms with Crippen LogP contribution in [0.3, 0.4) is 0 Å². The molecule has 0 atom stereocenters. The van der Waals surface area contributed by atoms with E-state index in [1.165, 1.54) is 97.2 Å². The summed E-state index contributed by atoms with van der Waals surface area (Å²) in [4.78, 5) is 0. The third-order valence-electron chi connectivity index (χ3n) is 12.0. The van der Waals surface area contributed by atoms with Gasteiger partial charge < -0.3 is 18.6 Å². The van der Waals surface area contributed by atoms with Crippen molar-refractivity contribution in [2.24, 2.45) is 0 Å². The summed E-state index contributed by atoms with van der Waals surface area (Å²) in [7, 11) is 0. The summed E-state index contributed by atoms with van der Waals surface area (Å²) in [5.74, 6) is 3.59. The third kappa shape index (κ3) is 2.86. The van der Waals surface area contributed by atoms with Crippen LogP contribution in [0.1, 0.15) is 0 Å². The van der Waals surface area contributed by atoms with E-state index in [1.54, 1.807) is 0 Å². The van der Waals surface area contributed by atoms with Gasteiger partial charge in [-0.15, -0.1) is 11.3 Å². The maximum atomic E-state index is 6.96. The van der Waals surface area contributed by atoms with Crippen molar-refractivity contribution in [3.05, 3.63) is 133 Å². The molecule has 0 radical (unpaired) electrons. The van der Waals surface area contributed by atoms with Gasteiger partial charge in [0, 0.05) is 38.0 Å². The molecule has 0 saturated heterocycles. The second-order valence-corrected chi connectivity index (χ2v) is 15.4. The predicted molar refractivity (Wildman–Crippen MR) is 213 cm³/mol. The van der Waals surface area contributed by atoms with E-state index >= 15 is 0 Å². The average molecular weight is 664 g/mol. The molecular formula is C44H22B2N2O2S. The Hall–Kier alpha value is -6.17. The summed E-state index contributed by atoms with van der Waals surface area (Å²) >= 11 is 1.90. The molecule has 0 amide bonds. The highest BCUT2D eigenvalue weighted by molar-refractivity contribution is 7.25. The zero-order valence-electron chi connectivity index (χ0n) is 27.0. The maximum absolute atomic E-state index is 6.96. The Morgan fingerprint density at radius 2 is 1.02 bits per heavy atom. The number of hydrogen-bond acceptors (Lipinski definition) is 3. The first-order valence-electron chi connectivity index (χ1n) is 17.6. The third-order valence-corrected chi connectivity index (χ3v) is 13.2. The van der Waals surface area contributed by atoms with Crippen LogP contribution in [0.5, 0.6) is 23.0 Å². The van der Waals surface area contributed by atoms with Gasteiger partial charge in [0.05, 0.1) is 27.1 Å². The van der Waals surface area contributed by atoms with Crippen LogP contribution in [0.25, 0.3) is 64.4 Å². The molecule has 4 nitrogen and oxygen atoms in total. The van der Waals surface area contributed by atoms with Gasteiger partial charge >= 0.3 is 0 Å². The predicted octanol–water partition coefficient (Wildman–Crippen LogP) is 6.97. The molecule has 0 bridgehead atoms. The second kappa shape index (κ2) is 8.58. The van der Waals surface area contributed by atoms with E-state index in [9.17, 15) is 0 Å². The van der Waals surface area contributed by atoms with Gasteiger partial charge in [-0.25, -0.2) is 0 Å². The van der Waals surface area contributed by atoms with Crippen molar-refractivity contribution in [2.45, 2.75) is 0 Å². The topological polar surface area (TPSA) is 28.3 Å². The Morgan fingerprint density at radius 1 is 0.431 bits per heavy atom. The highest BCUT2D eigenvalue weighted by Crippen LogP contribution is 2.44. The van der Waals surface area contributed by atoms with Crippen molar-refractivity contribution in [2.75, 3.05) is 0 Å². The van der Waals surface area contributed by atoms with Crippen LogP contribution in [0, 0.1) is 0 Å². The first-order valence-corrected chi connectivity index (χ1v) is 18.4. The van der Waals surface area contributed by atoms with Gasteiger partial charge in [0.15, 0.2) is 0 Å². The minimum atomic E-state index is 0.0168. The largest absolute Gasteiger partial charge is 0.458 e. The number of benzene rings is 7. The Labute approximate surface area is 295 Å². The molecule has 0 unspecified atom stereocenters. The van der Waals surface area contributed by atoms with E-state index in [-0.39, 0.29) is 13.4 Å². The smallest absolute Gasteiger partial charge is 0.258 e. The Balaban J connectivity index is 1.11. The number of nitrogens with zero attached hydrogens (tertiary/aromatic N) is 2. The Morgan fingerprint density at radius 3 is 1.78 bits per heavy atom. The Bertz CT molecular complexity index is 3300. The van der Waals surface area contributed by atoms with E-state index in [1.807, 2.05) is 11.3 Å². The fraction of sp³-hybridized carbons (Fsp3) is 0. The van der Waals surface area contributed by atoms with Crippen molar-refractivity contribution < 1.29 is 9.47 Å². The number of ether oxygens (including phenoxy) is 2. The zero-order chi connectivity index (χ0) is 32.7. The van der Waals surface area contributed by atoms with Crippen LogP contribution < -0.4 is 42.3 Å². The van der Waals surface area contributed by atoms with Crippen LogP contribution in [-0.4, -0.2) is 22.6 Å². The van der Waals surface area contributed by atoms with Crippen LogP contribution in [0.4, 0.5) is 0 Å². The summed E-state index contributed by atoms with van der Waals surface area (Å²) in [5.41, 5.74) is 13.8. The number of para-hydroxylation sites is 3. The van der Waals surface area contributed by atoms with Crippen molar-refractivity contribution in [3.63, 3.8) is 0 Å². The van der Waals surface area contributed by atoms with Crippen LogP contribution in [0.2, 0.25) is 0 Å². The molecule has 4 aliphatic rings. The first-order chi connectivity index (χ1) is 25.3. The molecule has 0 spiro atoms. The molecular weight excluding hydrogens is 642 g/mol. The lowest BCUT2D eigenvalue weighted by molar-refractivity contribution is 0.466. The van der Waals surface area contributed by atoms with Crippen LogP contribution in [0.15, 0.2) is 133 Å². The fourth-order valence-electron chi connectivity index (χ4n) is 10.2. The Kier molecular flexibility index (Phi) is 4.33. The number of thiophene rings is 1. The molecule has 0 aliphatic carbocycles. The van der Waals surface area contributed by atoms with E-state index in [0.29, 0.717) is 0 Å². The maximum Gasteiger partial charge on any atom is 0.258 e. The highest BCUT2D eigenvalue weighted by atomic mass is 32.1. The average Bonchev–Trinajstić information content (AvgIpc) is 3.84. The molecule has 10 aromatic rings. The highest BCUT2D eigenvalue weighted by Gasteiger charge is 2.46. The zero-order valence-corrected chi connectivity index (χ0v) is 27.8. The lowest BCUT2D eigenvalue weighted by Crippen LogP contribution is -2.62. The SMILES string of the molecule is c1ccc2c(c1)B1c3cc4c(cc3Oc3ccc5c6ccccc6n-2c5c31)Oc1ccc2c3ccccc3n3c2c1B4c1c-3sc2ccccc12. The summed E-state index contributed by atoms with van der Waals surface area (Å²) in [6.45, 7) is 0.0415. The molecule has 0 saturated carbocycles.